The molecule has 5 heteroatoms. The van der Waals surface area contributed by atoms with Crippen molar-refractivity contribution in [3.63, 3.8) is 0 Å². The molecule has 0 bridgehead atoms. The summed E-state index contributed by atoms with van der Waals surface area (Å²) in [6.45, 7) is 2.88. The lowest BCUT2D eigenvalue weighted by Crippen LogP contribution is -2.36. The van der Waals surface area contributed by atoms with Gasteiger partial charge in [-0.1, -0.05) is 12.1 Å². The minimum absolute atomic E-state index is 0. The second-order valence-electron chi connectivity index (χ2n) is 4.88. The number of benzene rings is 1. The Hall–Kier alpha value is -1.39. The maximum Gasteiger partial charge on any atom is 0.147 e. The van der Waals surface area contributed by atoms with E-state index in [1.165, 1.54) is 0 Å². The van der Waals surface area contributed by atoms with Crippen molar-refractivity contribution in [2.45, 2.75) is 12.8 Å². The van der Waals surface area contributed by atoms with Crippen LogP contribution < -0.4 is 10.6 Å². The molecule has 0 radical (unpaired) electrons. The molecule has 4 nitrogen and oxygen atoms in total. The average Bonchev–Trinajstić information content (AvgIpc) is 2.47. The molecule has 1 aromatic carbocycles. The highest BCUT2D eigenvalue weighted by Gasteiger charge is 2.19. The normalized spacial score (nSPS) is 16.4. The van der Waals surface area contributed by atoms with Crippen LogP contribution in [0.1, 0.15) is 12.8 Å². The van der Waals surface area contributed by atoms with Crippen LogP contribution in [0.5, 0.6) is 0 Å². The van der Waals surface area contributed by atoms with Crippen molar-refractivity contribution in [1.29, 1.82) is 0 Å². The number of hydrogen-bond donors (Lipinski definition) is 1. The monoisotopic (exact) mass is 278 g/mol. The maximum absolute atomic E-state index is 5.72. The van der Waals surface area contributed by atoms with Gasteiger partial charge in [0, 0.05) is 13.1 Å². The van der Waals surface area contributed by atoms with Gasteiger partial charge in [-0.2, -0.15) is 0 Å². The zero-order chi connectivity index (χ0) is 12.4. The van der Waals surface area contributed by atoms with Crippen LogP contribution in [-0.4, -0.2) is 29.6 Å². The first-order valence-electron chi connectivity index (χ1n) is 6.53. The van der Waals surface area contributed by atoms with E-state index in [2.05, 4.69) is 14.9 Å². The van der Waals surface area contributed by atoms with Crippen molar-refractivity contribution >= 4 is 29.3 Å². The lowest BCUT2D eigenvalue weighted by atomic mass is 9.97. The summed E-state index contributed by atoms with van der Waals surface area (Å²) in [4.78, 5) is 11.5. The summed E-state index contributed by atoms with van der Waals surface area (Å²) in [7, 11) is 0. The Morgan fingerprint density at radius 2 is 1.84 bits per heavy atom. The standard InChI is InChI=1S/C14H18N4.ClH/c15-9-11-5-7-18(8-6-11)14-10-16-12-3-1-2-4-13(12)17-14;/h1-4,10-11H,5-9,15H2;1H. The highest BCUT2D eigenvalue weighted by Crippen LogP contribution is 2.22. The van der Waals surface area contributed by atoms with Crippen molar-refractivity contribution in [3.8, 4) is 0 Å². The molecule has 3 rings (SSSR count). The van der Waals surface area contributed by atoms with Gasteiger partial charge in [-0.15, -0.1) is 12.4 Å². The zero-order valence-corrected chi connectivity index (χ0v) is 11.6. The van der Waals surface area contributed by atoms with Gasteiger partial charge in [0.15, 0.2) is 0 Å². The predicted molar refractivity (Wildman–Crippen MR) is 80.8 cm³/mol. The average molecular weight is 279 g/mol. The molecule has 2 heterocycles. The fourth-order valence-corrected chi connectivity index (χ4v) is 2.50. The SMILES string of the molecule is Cl.NCC1CCN(c2cnc3ccccc3n2)CC1. The van der Waals surface area contributed by atoms with Gasteiger partial charge in [-0.25, -0.2) is 4.98 Å². The van der Waals surface area contributed by atoms with E-state index in [0.717, 1.165) is 49.3 Å². The summed E-state index contributed by atoms with van der Waals surface area (Å²) in [5.74, 6) is 1.67. The van der Waals surface area contributed by atoms with E-state index in [4.69, 9.17) is 5.73 Å². The summed E-state index contributed by atoms with van der Waals surface area (Å²) in [6.07, 6.45) is 4.20. The molecule has 1 aliphatic rings. The van der Waals surface area contributed by atoms with Gasteiger partial charge in [0.25, 0.3) is 0 Å². The summed E-state index contributed by atoms with van der Waals surface area (Å²) >= 11 is 0. The first-order chi connectivity index (χ1) is 8.86. The molecule has 0 atom stereocenters. The van der Waals surface area contributed by atoms with E-state index in [9.17, 15) is 0 Å². The Kier molecular flexibility index (Phi) is 4.56. The predicted octanol–water partition coefficient (Wildman–Crippen LogP) is 2.23. The molecule has 1 aromatic heterocycles. The van der Waals surface area contributed by atoms with E-state index >= 15 is 0 Å². The second-order valence-corrected chi connectivity index (χ2v) is 4.88. The summed E-state index contributed by atoms with van der Waals surface area (Å²) < 4.78 is 0. The Bertz CT molecular complexity index is 538. The summed E-state index contributed by atoms with van der Waals surface area (Å²) in [5, 5.41) is 0. The topological polar surface area (TPSA) is 55.0 Å². The van der Waals surface area contributed by atoms with Crippen LogP contribution in [0, 0.1) is 5.92 Å². The van der Waals surface area contributed by atoms with Gasteiger partial charge in [-0.3, -0.25) is 4.98 Å². The highest BCUT2D eigenvalue weighted by atomic mass is 35.5. The third-order valence-electron chi connectivity index (χ3n) is 3.71. The molecule has 1 aliphatic heterocycles. The van der Waals surface area contributed by atoms with Gasteiger partial charge in [0.1, 0.15) is 5.82 Å². The quantitative estimate of drug-likeness (QED) is 0.915. The largest absolute Gasteiger partial charge is 0.355 e. The second kappa shape index (κ2) is 6.17. The fraction of sp³-hybridized carbons (Fsp3) is 0.429. The van der Waals surface area contributed by atoms with E-state index in [0.29, 0.717) is 5.92 Å². The summed E-state index contributed by atoms with van der Waals surface area (Å²) in [5.41, 5.74) is 7.64. The van der Waals surface area contributed by atoms with Gasteiger partial charge in [-0.05, 0) is 37.4 Å². The Morgan fingerprint density at radius 1 is 1.16 bits per heavy atom. The third kappa shape index (κ3) is 2.96. The smallest absolute Gasteiger partial charge is 0.147 e. The number of nitrogens with two attached hydrogens (primary N) is 1. The van der Waals surface area contributed by atoms with Crippen LogP contribution in [-0.2, 0) is 0 Å². The Morgan fingerprint density at radius 3 is 2.53 bits per heavy atom. The number of anilines is 1. The van der Waals surface area contributed by atoms with Crippen molar-refractivity contribution < 1.29 is 0 Å². The van der Waals surface area contributed by atoms with Crippen LogP contribution in [0.4, 0.5) is 5.82 Å². The summed E-state index contributed by atoms with van der Waals surface area (Å²) in [6, 6.07) is 8.00. The van der Waals surface area contributed by atoms with Crippen LogP contribution >= 0.6 is 12.4 Å². The van der Waals surface area contributed by atoms with Crippen LogP contribution in [0.2, 0.25) is 0 Å². The minimum Gasteiger partial charge on any atom is -0.355 e. The van der Waals surface area contributed by atoms with Crippen LogP contribution in [0.3, 0.4) is 0 Å². The van der Waals surface area contributed by atoms with Crippen LogP contribution in [0.25, 0.3) is 11.0 Å². The molecule has 19 heavy (non-hydrogen) atoms. The molecule has 102 valence electrons. The lowest BCUT2D eigenvalue weighted by molar-refractivity contribution is 0.413. The Labute approximate surface area is 119 Å². The fourth-order valence-electron chi connectivity index (χ4n) is 2.50. The van der Waals surface area contributed by atoms with E-state index in [1.807, 2.05) is 30.5 Å². The lowest BCUT2D eigenvalue weighted by Gasteiger charge is -2.32. The molecule has 2 N–H and O–H groups in total. The Balaban J connectivity index is 0.00000133. The van der Waals surface area contributed by atoms with Crippen molar-refractivity contribution in [1.82, 2.24) is 9.97 Å². The number of para-hydroxylation sites is 2. The molecule has 1 saturated heterocycles. The van der Waals surface area contributed by atoms with Crippen molar-refractivity contribution in [2.75, 3.05) is 24.5 Å². The number of piperidine rings is 1. The van der Waals surface area contributed by atoms with Gasteiger partial charge < -0.3 is 10.6 Å². The molecular weight excluding hydrogens is 260 g/mol. The number of rotatable bonds is 2. The minimum atomic E-state index is 0. The number of hydrogen-bond acceptors (Lipinski definition) is 4. The van der Waals surface area contributed by atoms with Gasteiger partial charge >= 0.3 is 0 Å². The molecule has 2 aromatic rings. The van der Waals surface area contributed by atoms with E-state index in [1.54, 1.807) is 0 Å². The van der Waals surface area contributed by atoms with Gasteiger partial charge in [0.05, 0.1) is 17.2 Å². The third-order valence-corrected chi connectivity index (χ3v) is 3.71. The molecule has 1 fully saturated rings. The maximum atomic E-state index is 5.72. The van der Waals surface area contributed by atoms with E-state index < -0.39 is 0 Å². The van der Waals surface area contributed by atoms with E-state index in [-0.39, 0.29) is 12.4 Å². The van der Waals surface area contributed by atoms with Crippen molar-refractivity contribution in [2.24, 2.45) is 11.7 Å². The van der Waals surface area contributed by atoms with Crippen molar-refractivity contribution in [3.05, 3.63) is 30.5 Å². The molecule has 0 aliphatic carbocycles. The first-order valence-corrected chi connectivity index (χ1v) is 6.53. The molecule has 0 amide bonds. The number of nitrogens with zero attached hydrogens (tertiary/aromatic N) is 3. The zero-order valence-electron chi connectivity index (χ0n) is 10.8. The van der Waals surface area contributed by atoms with Gasteiger partial charge in [0.2, 0.25) is 0 Å². The number of aromatic nitrogens is 2. The highest BCUT2D eigenvalue weighted by molar-refractivity contribution is 5.85. The first kappa shape index (κ1) is 14.0. The number of fused-ring (bicyclic) bond motifs is 1. The molecule has 0 unspecified atom stereocenters. The van der Waals surface area contributed by atoms with Crippen LogP contribution in [0.15, 0.2) is 30.5 Å². The number of halogens is 1. The molecular formula is C14H19ClN4. The molecule has 0 spiro atoms. The molecule has 0 saturated carbocycles.